The lowest BCUT2D eigenvalue weighted by atomic mass is 9.90. The zero-order chi connectivity index (χ0) is 20.5. The average molecular weight is 397 g/mol. The SMILES string of the molecule is CCOC(=O)c1c(C)n([C@H](C)C2CCN(CC(F)(F)F)CC2)c2ncccc12. The molecular formula is C20H26F3N3O2. The van der Waals surface area contributed by atoms with Crippen molar-refractivity contribution in [2.45, 2.75) is 45.8 Å². The van der Waals surface area contributed by atoms with Gasteiger partial charge in [-0.25, -0.2) is 9.78 Å². The predicted octanol–water partition coefficient (Wildman–Crippen LogP) is 4.36. The monoisotopic (exact) mass is 397 g/mol. The van der Waals surface area contributed by atoms with E-state index in [9.17, 15) is 18.0 Å². The number of carbonyl (C=O) groups excluding carboxylic acids is 1. The van der Waals surface area contributed by atoms with Crippen LogP contribution in [0.25, 0.3) is 11.0 Å². The second-order valence-corrected chi connectivity index (χ2v) is 7.39. The van der Waals surface area contributed by atoms with Gasteiger partial charge in [0.1, 0.15) is 5.65 Å². The fourth-order valence-corrected chi connectivity index (χ4v) is 4.28. The average Bonchev–Trinajstić information content (AvgIpc) is 2.92. The van der Waals surface area contributed by atoms with Crippen molar-refractivity contribution in [3.8, 4) is 0 Å². The maximum absolute atomic E-state index is 12.6. The smallest absolute Gasteiger partial charge is 0.401 e. The molecule has 154 valence electrons. The van der Waals surface area contributed by atoms with Gasteiger partial charge in [-0.05, 0) is 64.8 Å². The van der Waals surface area contributed by atoms with Gasteiger partial charge in [-0.1, -0.05) is 0 Å². The number of aromatic nitrogens is 2. The number of hydrogen-bond acceptors (Lipinski definition) is 4. The molecule has 1 saturated heterocycles. The molecule has 3 rings (SSSR count). The van der Waals surface area contributed by atoms with E-state index in [4.69, 9.17) is 4.74 Å². The fourth-order valence-electron chi connectivity index (χ4n) is 4.28. The summed E-state index contributed by atoms with van der Waals surface area (Å²) in [5, 5.41) is 0.750. The summed E-state index contributed by atoms with van der Waals surface area (Å²) in [6.45, 7) is 5.98. The Hall–Kier alpha value is -2.09. The van der Waals surface area contributed by atoms with E-state index in [0.717, 1.165) is 11.1 Å². The van der Waals surface area contributed by atoms with Gasteiger partial charge >= 0.3 is 12.1 Å². The minimum atomic E-state index is -4.16. The predicted molar refractivity (Wildman–Crippen MR) is 100 cm³/mol. The zero-order valence-corrected chi connectivity index (χ0v) is 16.4. The molecule has 2 aromatic heterocycles. The van der Waals surface area contributed by atoms with E-state index in [1.807, 2.05) is 17.6 Å². The molecule has 0 aromatic carbocycles. The van der Waals surface area contributed by atoms with E-state index in [1.54, 1.807) is 19.2 Å². The quantitative estimate of drug-likeness (QED) is 0.704. The Morgan fingerprint density at radius 2 is 2.04 bits per heavy atom. The van der Waals surface area contributed by atoms with Crippen LogP contribution < -0.4 is 0 Å². The van der Waals surface area contributed by atoms with E-state index in [1.165, 1.54) is 4.90 Å². The number of pyridine rings is 1. The molecule has 2 aromatic rings. The number of nitrogens with zero attached hydrogens (tertiary/aromatic N) is 3. The Balaban J connectivity index is 1.86. The number of hydrogen-bond donors (Lipinski definition) is 0. The van der Waals surface area contributed by atoms with Crippen LogP contribution in [0.15, 0.2) is 18.3 Å². The Bertz CT molecular complexity index is 839. The number of likely N-dealkylation sites (tertiary alicyclic amines) is 1. The first kappa shape index (κ1) is 20.6. The highest BCUT2D eigenvalue weighted by Gasteiger charge is 2.34. The second-order valence-electron chi connectivity index (χ2n) is 7.39. The summed E-state index contributed by atoms with van der Waals surface area (Å²) in [5.41, 5.74) is 2.02. The minimum absolute atomic E-state index is 0.0219. The normalized spacial score (nSPS) is 17.8. The number of ether oxygens (including phenoxy) is 1. The Morgan fingerprint density at radius 3 is 2.64 bits per heavy atom. The third-order valence-electron chi connectivity index (χ3n) is 5.61. The molecule has 1 aliphatic heterocycles. The zero-order valence-electron chi connectivity index (χ0n) is 16.4. The first-order valence-electron chi connectivity index (χ1n) is 9.64. The van der Waals surface area contributed by atoms with Gasteiger partial charge in [-0.15, -0.1) is 0 Å². The van der Waals surface area contributed by atoms with Crippen molar-refractivity contribution in [2.75, 3.05) is 26.2 Å². The van der Waals surface area contributed by atoms with E-state index in [-0.39, 0.29) is 17.9 Å². The number of carbonyl (C=O) groups is 1. The Labute approximate surface area is 162 Å². The summed E-state index contributed by atoms with van der Waals surface area (Å²) >= 11 is 0. The van der Waals surface area contributed by atoms with E-state index in [0.29, 0.717) is 43.7 Å². The van der Waals surface area contributed by atoms with Gasteiger partial charge in [-0.3, -0.25) is 4.90 Å². The van der Waals surface area contributed by atoms with E-state index < -0.39 is 12.7 Å². The molecule has 5 nitrogen and oxygen atoms in total. The topological polar surface area (TPSA) is 47.4 Å². The molecule has 0 saturated carbocycles. The maximum atomic E-state index is 12.6. The summed E-state index contributed by atoms with van der Waals surface area (Å²) in [6.07, 6.45) is -1.12. The number of rotatable bonds is 5. The van der Waals surface area contributed by atoms with Crippen molar-refractivity contribution < 1.29 is 22.7 Å². The van der Waals surface area contributed by atoms with Crippen LogP contribution >= 0.6 is 0 Å². The first-order chi connectivity index (χ1) is 13.2. The minimum Gasteiger partial charge on any atom is -0.462 e. The van der Waals surface area contributed by atoms with Crippen LogP contribution in [0.5, 0.6) is 0 Å². The Kier molecular flexibility index (Phi) is 5.98. The van der Waals surface area contributed by atoms with Crippen molar-refractivity contribution in [1.29, 1.82) is 0 Å². The molecule has 0 spiro atoms. The molecule has 0 N–H and O–H groups in total. The molecule has 0 amide bonds. The van der Waals surface area contributed by atoms with Crippen LogP contribution in [0.4, 0.5) is 13.2 Å². The first-order valence-corrected chi connectivity index (χ1v) is 9.64. The highest BCUT2D eigenvalue weighted by atomic mass is 19.4. The number of piperidine rings is 1. The lowest BCUT2D eigenvalue weighted by molar-refractivity contribution is -0.149. The molecule has 1 fully saturated rings. The maximum Gasteiger partial charge on any atom is 0.401 e. The van der Waals surface area contributed by atoms with Gasteiger partial charge in [0.2, 0.25) is 0 Å². The standard InChI is InChI=1S/C20H26F3N3O2/c1-4-28-19(27)17-14(3)26(18-16(17)6-5-9-24-18)13(2)15-7-10-25(11-8-15)12-20(21,22)23/h5-6,9,13,15H,4,7-8,10-12H2,1-3H3/t13-/m1/s1. The van der Waals surface area contributed by atoms with Crippen molar-refractivity contribution >= 4 is 17.0 Å². The number of alkyl halides is 3. The van der Waals surface area contributed by atoms with Gasteiger partial charge in [-0.2, -0.15) is 13.2 Å². The van der Waals surface area contributed by atoms with Crippen LogP contribution in [0.2, 0.25) is 0 Å². The van der Waals surface area contributed by atoms with Gasteiger partial charge < -0.3 is 9.30 Å². The summed E-state index contributed by atoms with van der Waals surface area (Å²) in [5.74, 6) is -0.153. The Morgan fingerprint density at radius 1 is 1.36 bits per heavy atom. The molecule has 0 bridgehead atoms. The molecule has 28 heavy (non-hydrogen) atoms. The van der Waals surface area contributed by atoms with E-state index in [2.05, 4.69) is 11.9 Å². The van der Waals surface area contributed by atoms with Crippen LogP contribution in [-0.2, 0) is 4.74 Å². The van der Waals surface area contributed by atoms with Gasteiger partial charge in [0.05, 0.1) is 18.7 Å². The highest BCUT2D eigenvalue weighted by molar-refractivity contribution is 6.05. The molecule has 0 unspecified atom stereocenters. The van der Waals surface area contributed by atoms with Crippen LogP contribution in [0.3, 0.4) is 0 Å². The van der Waals surface area contributed by atoms with Gasteiger partial charge in [0.25, 0.3) is 0 Å². The largest absolute Gasteiger partial charge is 0.462 e. The number of esters is 1. The van der Waals surface area contributed by atoms with Crippen molar-refractivity contribution in [2.24, 2.45) is 5.92 Å². The molecule has 8 heteroatoms. The lowest BCUT2D eigenvalue weighted by Crippen LogP contribution is -2.41. The van der Waals surface area contributed by atoms with Crippen LogP contribution in [0, 0.1) is 12.8 Å². The molecule has 0 aliphatic carbocycles. The number of halogens is 3. The van der Waals surface area contributed by atoms with Crippen LogP contribution in [-0.4, -0.2) is 52.8 Å². The van der Waals surface area contributed by atoms with Crippen LogP contribution in [0.1, 0.15) is 48.8 Å². The molecule has 0 radical (unpaired) electrons. The highest BCUT2D eigenvalue weighted by Crippen LogP contribution is 2.35. The van der Waals surface area contributed by atoms with Crippen molar-refractivity contribution in [1.82, 2.24) is 14.5 Å². The van der Waals surface area contributed by atoms with Gasteiger partial charge in [0.15, 0.2) is 0 Å². The summed E-state index contributed by atoms with van der Waals surface area (Å²) in [6, 6.07) is 3.67. The number of fused-ring (bicyclic) bond motifs is 1. The lowest BCUT2D eigenvalue weighted by Gasteiger charge is -2.36. The third-order valence-corrected chi connectivity index (χ3v) is 5.61. The summed E-state index contributed by atoms with van der Waals surface area (Å²) in [4.78, 5) is 18.4. The van der Waals surface area contributed by atoms with Crippen molar-refractivity contribution in [3.63, 3.8) is 0 Å². The van der Waals surface area contributed by atoms with E-state index >= 15 is 0 Å². The summed E-state index contributed by atoms with van der Waals surface area (Å²) in [7, 11) is 0. The fraction of sp³-hybridized carbons (Fsp3) is 0.600. The van der Waals surface area contributed by atoms with Crippen molar-refractivity contribution in [3.05, 3.63) is 29.6 Å². The summed E-state index contributed by atoms with van der Waals surface area (Å²) < 4.78 is 45.2. The molecule has 1 aliphatic rings. The molecule has 3 heterocycles. The molecular weight excluding hydrogens is 371 g/mol. The van der Waals surface area contributed by atoms with Gasteiger partial charge in [0, 0.05) is 23.3 Å². The third kappa shape index (κ3) is 4.16. The molecule has 1 atom stereocenters. The second kappa shape index (κ2) is 8.11.